The smallest absolute Gasteiger partial charge is 0.180 e. The Hall–Kier alpha value is -2.16. The van der Waals surface area contributed by atoms with Gasteiger partial charge in [-0.15, -0.1) is 11.8 Å². The number of hydrogen-bond donors (Lipinski definition) is 3. The number of thioether (sulfide) groups is 1. The highest BCUT2D eigenvalue weighted by Gasteiger charge is 2.40. The van der Waals surface area contributed by atoms with E-state index in [0.29, 0.717) is 17.2 Å². The zero-order valence-electron chi connectivity index (χ0n) is 14.4. The fourth-order valence-electron chi connectivity index (χ4n) is 3.75. The normalized spacial score (nSPS) is 30.0. The Bertz CT molecular complexity index is 997. The van der Waals surface area contributed by atoms with Crippen LogP contribution in [-0.2, 0) is 0 Å². The molecule has 2 unspecified atom stereocenters. The van der Waals surface area contributed by atoms with Crippen LogP contribution in [0.1, 0.15) is 28.8 Å². The molecular formula is C19H19FN4O2S. The lowest BCUT2D eigenvalue weighted by Gasteiger charge is -2.15. The van der Waals surface area contributed by atoms with Gasteiger partial charge in [0.05, 0.1) is 29.3 Å². The van der Waals surface area contributed by atoms with Gasteiger partial charge >= 0.3 is 0 Å². The number of benzene rings is 1. The molecule has 0 spiro atoms. The molecule has 5 atom stereocenters. The van der Waals surface area contributed by atoms with Crippen molar-refractivity contribution in [1.82, 2.24) is 14.4 Å². The van der Waals surface area contributed by atoms with Crippen LogP contribution in [0.4, 0.5) is 10.2 Å². The van der Waals surface area contributed by atoms with Crippen molar-refractivity contribution in [2.24, 2.45) is 0 Å². The Morgan fingerprint density at radius 1 is 1.26 bits per heavy atom. The monoisotopic (exact) mass is 386 g/mol. The van der Waals surface area contributed by atoms with Crippen molar-refractivity contribution in [3.63, 3.8) is 0 Å². The fraction of sp³-hybridized carbons (Fsp3) is 0.368. The van der Waals surface area contributed by atoms with E-state index in [2.05, 4.69) is 15.3 Å². The van der Waals surface area contributed by atoms with Crippen LogP contribution in [0, 0.1) is 5.82 Å². The topological polar surface area (TPSA) is 82.7 Å². The minimum absolute atomic E-state index is 0.193. The maximum Gasteiger partial charge on any atom is 0.180 e. The van der Waals surface area contributed by atoms with Crippen LogP contribution in [-0.4, -0.2) is 48.6 Å². The van der Waals surface area contributed by atoms with Crippen molar-refractivity contribution in [2.75, 3.05) is 11.1 Å². The molecule has 5 rings (SSSR count). The highest BCUT2D eigenvalue weighted by molar-refractivity contribution is 7.99. The van der Waals surface area contributed by atoms with Gasteiger partial charge in [0.15, 0.2) is 11.5 Å². The molecule has 0 amide bonds. The Morgan fingerprint density at radius 3 is 2.93 bits per heavy atom. The van der Waals surface area contributed by atoms with E-state index in [0.717, 1.165) is 17.7 Å². The van der Waals surface area contributed by atoms with Gasteiger partial charge in [0.2, 0.25) is 0 Å². The van der Waals surface area contributed by atoms with Gasteiger partial charge in [0, 0.05) is 30.1 Å². The quantitative estimate of drug-likeness (QED) is 0.639. The number of aromatic nitrogens is 3. The lowest BCUT2D eigenvalue weighted by atomic mass is 10.1. The number of hydrogen-bond acceptors (Lipinski definition) is 6. The number of anilines is 1. The van der Waals surface area contributed by atoms with E-state index in [9.17, 15) is 14.6 Å². The summed E-state index contributed by atoms with van der Waals surface area (Å²) < 4.78 is 15.4. The van der Waals surface area contributed by atoms with Crippen LogP contribution in [0.25, 0.3) is 5.65 Å². The highest BCUT2D eigenvalue weighted by atomic mass is 32.2. The number of aliphatic hydroxyl groups excluding tert-OH is 2. The summed E-state index contributed by atoms with van der Waals surface area (Å²) in [4.78, 5) is 8.91. The predicted molar refractivity (Wildman–Crippen MR) is 101 cm³/mol. The minimum atomic E-state index is -0.805. The summed E-state index contributed by atoms with van der Waals surface area (Å²) in [7, 11) is 0. The van der Waals surface area contributed by atoms with E-state index in [1.54, 1.807) is 24.5 Å². The largest absolute Gasteiger partial charge is 0.390 e. The fourth-order valence-corrected chi connectivity index (χ4v) is 5.07. The van der Waals surface area contributed by atoms with Crippen molar-refractivity contribution >= 4 is 23.2 Å². The Labute approximate surface area is 159 Å². The number of nitrogens with one attached hydrogen (secondary N) is 1. The van der Waals surface area contributed by atoms with Gasteiger partial charge in [-0.2, -0.15) is 0 Å². The summed E-state index contributed by atoms with van der Waals surface area (Å²) in [5.41, 5.74) is 2.52. The molecule has 0 radical (unpaired) electrons. The van der Waals surface area contributed by atoms with Gasteiger partial charge in [-0.25, -0.2) is 14.4 Å². The van der Waals surface area contributed by atoms with E-state index >= 15 is 0 Å². The third-order valence-corrected chi connectivity index (χ3v) is 6.70. The second-order valence-electron chi connectivity index (χ2n) is 7.11. The molecule has 2 fully saturated rings. The molecule has 3 aromatic rings. The van der Waals surface area contributed by atoms with E-state index in [1.807, 2.05) is 16.7 Å². The average molecular weight is 386 g/mol. The average Bonchev–Trinajstić information content (AvgIpc) is 3.17. The first kappa shape index (κ1) is 17.0. The van der Waals surface area contributed by atoms with Gasteiger partial charge < -0.3 is 15.5 Å². The van der Waals surface area contributed by atoms with Gasteiger partial charge in [-0.05, 0) is 24.1 Å². The molecule has 2 aliphatic rings. The zero-order chi connectivity index (χ0) is 18.5. The van der Waals surface area contributed by atoms with Crippen LogP contribution in [0.5, 0.6) is 0 Å². The van der Waals surface area contributed by atoms with Gasteiger partial charge in [0.1, 0.15) is 5.82 Å². The molecule has 1 aliphatic heterocycles. The van der Waals surface area contributed by atoms with Crippen LogP contribution < -0.4 is 5.32 Å². The minimum Gasteiger partial charge on any atom is -0.390 e. The molecule has 0 bridgehead atoms. The van der Waals surface area contributed by atoms with Crippen molar-refractivity contribution in [3.8, 4) is 0 Å². The lowest BCUT2D eigenvalue weighted by molar-refractivity contribution is 0.0411. The molecule has 2 aromatic heterocycles. The summed E-state index contributed by atoms with van der Waals surface area (Å²) in [5.74, 6) is 1.23. The summed E-state index contributed by atoms with van der Waals surface area (Å²) in [5, 5.41) is 23.2. The molecule has 3 heterocycles. The maximum absolute atomic E-state index is 13.4. The van der Waals surface area contributed by atoms with Crippen molar-refractivity contribution in [1.29, 1.82) is 0 Å². The van der Waals surface area contributed by atoms with Gasteiger partial charge in [-0.3, -0.25) is 4.40 Å². The Morgan fingerprint density at radius 2 is 2.15 bits per heavy atom. The lowest BCUT2D eigenvalue weighted by Crippen LogP contribution is -2.25. The first-order chi connectivity index (χ1) is 13.1. The zero-order valence-corrected chi connectivity index (χ0v) is 15.2. The second-order valence-corrected chi connectivity index (χ2v) is 8.29. The van der Waals surface area contributed by atoms with E-state index in [1.165, 1.54) is 17.8 Å². The van der Waals surface area contributed by atoms with E-state index in [-0.39, 0.29) is 23.0 Å². The number of rotatable bonds is 4. The predicted octanol–water partition coefficient (Wildman–Crippen LogP) is 2.35. The third kappa shape index (κ3) is 2.97. The molecule has 140 valence electrons. The Kier molecular flexibility index (Phi) is 4.07. The number of nitrogens with zero attached hydrogens (tertiary/aromatic N) is 3. The van der Waals surface area contributed by atoms with Crippen molar-refractivity contribution in [3.05, 3.63) is 59.9 Å². The standard InChI is InChI=1S/C19H19FN4O2S/c20-11-3-1-2-10(6-11)12-7-13(12)23-18-19-22-8-14(24(19)5-4-21-18)17-16(26)15(25)9-27-17/h1-6,8,12-13,15-17,25-26H,7,9H2,(H,21,23)/t12?,13?,15-,16-,17+/m1/s1. The first-order valence-corrected chi connectivity index (χ1v) is 9.98. The Balaban J connectivity index is 1.39. The van der Waals surface area contributed by atoms with Crippen LogP contribution in [0.15, 0.2) is 42.9 Å². The molecule has 1 saturated heterocycles. The van der Waals surface area contributed by atoms with Crippen molar-refractivity contribution in [2.45, 2.75) is 35.8 Å². The summed E-state index contributed by atoms with van der Waals surface area (Å²) in [6.07, 6.45) is 4.64. The molecule has 1 aliphatic carbocycles. The summed E-state index contributed by atoms with van der Waals surface area (Å²) in [6.45, 7) is 0. The SMILES string of the molecule is O[C@@H]1[C@H](O)CS[C@H]1c1cnc2c(NC3CC3c3cccc(F)c3)nccn12. The number of imidazole rings is 1. The van der Waals surface area contributed by atoms with Crippen LogP contribution in [0.2, 0.25) is 0 Å². The summed E-state index contributed by atoms with van der Waals surface area (Å²) >= 11 is 1.53. The van der Waals surface area contributed by atoms with Crippen LogP contribution >= 0.6 is 11.8 Å². The number of aliphatic hydroxyl groups is 2. The maximum atomic E-state index is 13.4. The third-order valence-electron chi connectivity index (χ3n) is 5.29. The summed E-state index contributed by atoms with van der Waals surface area (Å²) in [6, 6.07) is 6.91. The molecule has 3 N–H and O–H groups in total. The second kappa shape index (κ2) is 6.47. The van der Waals surface area contributed by atoms with Crippen molar-refractivity contribution < 1.29 is 14.6 Å². The van der Waals surface area contributed by atoms with Gasteiger partial charge in [0.25, 0.3) is 0 Å². The molecule has 27 heavy (non-hydrogen) atoms. The molecular weight excluding hydrogens is 367 g/mol. The van der Waals surface area contributed by atoms with E-state index < -0.39 is 12.2 Å². The van der Waals surface area contributed by atoms with E-state index in [4.69, 9.17) is 0 Å². The van der Waals surface area contributed by atoms with Gasteiger partial charge in [-0.1, -0.05) is 12.1 Å². The number of halogens is 1. The molecule has 1 aromatic carbocycles. The number of fused-ring (bicyclic) bond motifs is 1. The molecule has 8 heteroatoms. The first-order valence-electron chi connectivity index (χ1n) is 8.93. The molecule has 6 nitrogen and oxygen atoms in total. The van der Waals surface area contributed by atoms with Crippen LogP contribution in [0.3, 0.4) is 0 Å². The highest BCUT2D eigenvalue weighted by Crippen LogP contribution is 2.44. The molecule has 1 saturated carbocycles.